The van der Waals surface area contributed by atoms with Gasteiger partial charge in [-0.25, -0.2) is 13.1 Å². The fraction of sp³-hybridized carbons (Fsp3) is 0.200. The smallest absolute Gasteiger partial charge is 0.243 e. The first-order valence-corrected chi connectivity index (χ1v) is 8.28. The molecule has 0 amide bonds. The highest BCUT2D eigenvalue weighted by molar-refractivity contribution is 7.89. The van der Waals surface area contributed by atoms with Crippen molar-refractivity contribution in [3.05, 3.63) is 54.0 Å². The molecule has 0 unspecified atom stereocenters. The van der Waals surface area contributed by atoms with Crippen LogP contribution in [-0.4, -0.2) is 23.2 Å². The van der Waals surface area contributed by atoms with Gasteiger partial charge in [-0.15, -0.1) is 0 Å². The lowest BCUT2D eigenvalue weighted by Gasteiger charge is -2.07. The summed E-state index contributed by atoms with van der Waals surface area (Å²) in [6, 6.07) is 10.6. The number of para-hydroxylation sites is 1. The van der Waals surface area contributed by atoms with Gasteiger partial charge in [0.25, 0.3) is 0 Å². The molecular formula is C15H16N4O2S. The molecule has 0 aliphatic heterocycles. The molecular weight excluding hydrogens is 300 g/mol. The summed E-state index contributed by atoms with van der Waals surface area (Å²) in [6.45, 7) is 2.06. The van der Waals surface area contributed by atoms with Crippen molar-refractivity contribution in [1.29, 1.82) is 0 Å². The van der Waals surface area contributed by atoms with E-state index in [9.17, 15) is 8.42 Å². The van der Waals surface area contributed by atoms with Crippen molar-refractivity contribution < 1.29 is 8.42 Å². The highest BCUT2D eigenvalue weighted by Crippen LogP contribution is 2.20. The number of sulfonamides is 1. The summed E-state index contributed by atoms with van der Waals surface area (Å²) < 4.78 is 29.3. The average Bonchev–Trinajstić information content (AvgIpc) is 2.83. The van der Waals surface area contributed by atoms with Crippen molar-refractivity contribution >= 4 is 20.9 Å². The van der Waals surface area contributed by atoms with Crippen molar-refractivity contribution in [3.8, 4) is 0 Å². The number of benzene rings is 1. The molecule has 0 atom stereocenters. The lowest BCUT2D eigenvalue weighted by Crippen LogP contribution is -2.24. The monoisotopic (exact) mass is 316 g/mol. The van der Waals surface area contributed by atoms with E-state index in [1.165, 1.54) is 0 Å². The third-order valence-electron chi connectivity index (χ3n) is 3.49. The van der Waals surface area contributed by atoms with Gasteiger partial charge < -0.3 is 0 Å². The number of aromatic nitrogens is 3. The molecule has 0 aliphatic carbocycles. The van der Waals surface area contributed by atoms with Crippen LogP contribution >= 0.6 is 0 Å². The number of hydrogen-bond acceptors (Lipinski definition) is 4. The van der Waals surface area contributed by atoms with Gasteiger partial charge >= 0.3 is 0 Å². The third kappa shape index (κ3) is 2.72. The second kappa shape index (κ2) is 5.51. The van der Waals surface area contributed by atoms with Gasteiger partial charge in [-0.3, -0.25) is 9.67 Å². The van der Waals surface area contributed by atoms with E-state index in [2.05, 4.69) is 14.8 Å². The van der Waals surface area contributed by atoms with Gasteiger partial charge in [0, 0.05) is 24.3 Å². The van der Waals surface area contributed by atoms with E-state index in [1.54, 1.807) is 29.1 Å². The maximum atomic E-state index is 12.5. The standard InChI is InChI=1S/C15H16N4O2S/c1-11-9-13(18-19(11)2)10-17-22(20,21)14-7-3-5-12-6-4-8-16-15(12)14/h3-9,17H,10H2,1-2H3. The molecule has 0 saturated heterocycles. The molecule has 1 N–H and O–H groups in total. The van der Waals surface area contributed by atoms with E-state index in [1.807, 2.05) is 32.2 Å². The maximum Gasteiger partial charge on any atom is 0.243 e. The first-order valence-electron chi connectivity index (χ1n) is 6.80. The summed E-state index contributed by atoms with van der Waals surface area (Å²) >= 11 is 0. The summed E-state index contributed by atoms with van der Waals surface area (Å²) in [5, 5.41) is 5.03. The predicted octanol–water partition coefficient (Wildman–Crippen LogP) is 1.76. The molecule has 2 heterocycles. The van der Waals surface area contributed by atoms with Crippen LogP contribution in [0.1, 0.15) is 11.4 Å². The molecule has 0 bridgehead atoms. The summed E-state index contributed by atoms with van der Waals surface area (Å²) in [5.74, 6) is 0. The minimum absolute atomic E-state index is 0.146. The van der Waals surface area contributed by atoms with Crippen LogP contribution < -0.4 is 4.72 Å². The first kappa shape index (κ1) is 14.7. The van der Waals surface area contributed by atoms with Gasteiger partial charge in [0.05, 0.1) is 17.8 Å². The van der Waals surface area contributed by atoms with E-state index in [0.29, 0.717) is 11.2 Å². The Balaban J connectivity index is 1.91. The van der Waals surface area contributed by atoms with Crippen molar-refractivity contribution in [3.63, 3.8) is 0 Å². The number of nitrogens with one attached hydrogen (secondary N) is 1. The minimum Gasteiger partial charge on any atom is -0.273 e. The minimum atomic E-state index is -3.65. The Hall–Kier alpha value is -2.25. The second-order valence-electron chi connectivity index (χ2n) is 5.06. The molecule has 114 valence electrons. The van der Waals surface area contributed by atoms with E-state index >= 15 is 0 Å². The van der Waals surface area contributed by atoms with E-state index in [-0.39, 0.29) is 11.4 Å². The Labute approximate surface area is 128 Å². The van der Waals surface area contributed by atoms with Crippen LogP contribution in [0.15, 0.2) is 47.5 Å². The molecule has 2 aromatic heterocycles. The zero-order valence-electron chi connectivity index (χ0n) is 12.3. The molecule has 22 heavy (non-hydrogen) atoms. The largest absolute Gasteiger partial charge is 0.273 e. The number of pyridine rings is 1. The lowest BCUT2D eigenvalue weighted by atomic mass is 10.2. The fourth-order valence-corrected chi connectivity index (χ4v) is 3.44. The highest BCUT2D eigenvalue weighted by atomic mass is 32.2. The summed E-state index contributed by atoms with van der Waals surface area (Å²) in [7, 11) is -1.83. The fourth-order valence-electron chi connectivity index (χ4n) is 2.26. The lowest BCUT2D eigenvalue weighted by molar-refractivity contribution is 0.580. The van der Waals surface area contributed by atoms with Gasteiger partial charge in [-0.1, -0.05) is 18.2 Å². The van der Waals surface area contributed by atoms with Crippen molar-refractivity contribution in [1.82, 2.24) is 19.5 Å². The van der Waals surface area contributed by atoms with Crippen LogP contribution in [0.4, 0.5) is 0 Å². The number of fused-ring (bicyclic) bond motifs is 1. The molecule has 6 nitrogen and oxygen atoms in total. The molecule has 0 fully saturated rings. The Morgan fingerprint density at radius 1 is 1.23 bits per heavy atom. The normalized spacial score (nSPS) is 11.9. The third-order valence-corrected chi connectivity index (χ3v) is 4.93. The number of hydrogen-bond donors (Lipinski definition) is 1. The second-order valence-corrected chi connectivity index (χ2v) is 6.79. The van der Waals surface area contributed by atoms with Gasteiger partial charge in [0.15, 0.2) is 0 Å². The van der Waals surface area contributed by atoms with Crippen LogP contribution in [0.2, 0.25) is 0 Å². The first-order chi connectivity index (χ1) is 10.5. The molecule has 0 radical (unpaired) electrons. The predicted molar refractivity (Wildman–Crippen MR) is 83.7 cm³/mol. The Morgan fingerprint density at radius 3 is 2.73 bits per heavy atom. The Kier molecular flexibility index (Phi) is 3.67. The van der Waals surface area contributed by atoms with Crippen LogP contribution in [-0.2, 0) is 23.6 Å². The van der Waals surface area contributed by atoms with Crippen molar-refractivity contribution in [2.45, 2.75) is 18.4 Å². The number of rotatable bonds is 4. The summed E-state index contributed by atoms with van der Waals surface area (Å²) in [5.41, 5.74) is 2.12. The molecule has 3 aromatic rings. The quantitative estimate of drug-likeness (QED) is 0.795. The molecule has 0 spiro atoms. The van der Waals surface area contributed by atoms with Gasteiger partial charge in [0.1, 0.15) is 4.90 Å². The highest BCUT2D eigenvalue weighted by Gasteiger charge is 2.18. The van der Waals surface area contributed by atoms with E-state index in [0.717, 1.165) is 11.1 Å². The topological polar surface area (TPSA) is 76.9 Å². The average molecular weight is 316 g/mol. The van der Waals surface area contributed by atoms with Crippen LogP contribution in [0.5, 0.6) is 0 Å². The van der Waals surface area contributed by atoms with Crippen LogP contribution in [0.3, 0.4) is 0 Å². The summed E-state index contributed by atoms with van der Waals surface area (Å²) in [6.07, 6.45) is 1.59. The summed E-state index contributed by atoms with van der Waals surface area (Å²) in [4.78, 5) is 4.36. The molecule has 0 saturated carbocycles. The SMILES string of the molecule is Cc1cc(CNS(=O)(=O)c2cccc3cccnc23)nn1C. The van der Waals surface area contributed by atoms with Gasteiger partial charge in [-0.2, -0.15) is 5.10 Å². The number of nitrogens with zero attached hydrogens (tertiary/aromatic N) is 3. The zero-order chi connectivity index (χ0) is 15.7. The van der Waals surface area contributed by atoms with E-state index in [4.69, 9.17) is 0 Å². The van der Waals surface area contributed by atoms with Crippen molar-refractivity contribution in [2.75, 3.05) is 0 Å². The molecule has 7 heteroatoms. The Bertz CT molecular complexity index is 907. The maximum absolute atomic E-state index is 12.5. The zero-order valence-corrected chi connectivity index (χ0v) is 13.1. The van der Waals surface area contributed by atoms with Gasteiger partial charge in [0.2, 0.25) is 10.0 Å². The molecule has 1 aromatic carbocycles. The number of aryl methyl sites for hydroxylation is 2. The van der Waals surface area contributed by atoms with E-state index < -0.39 is 10.0 Å². The molecule has 0 aliphatic rings. The van der Waals surface area contributed by atoms with Crippen LogP contribution in [0.25, 0.3) is 10.9 Å². The van der Waals surface area contributed by atoms with Crippen molar-refractivity contribution in [2.24, 2.45) is 7.05 Å². The molecule has 3 rings (SSSR count). The Morgan fingerprint density at radius 2 is 2.00 bits per heavy atom. The van der Waals surface area contributed by atoms with Gasteiger partial charge in [-0.05, 0) is 25.1 Å². The van der Waals surface area contributed by atoms with Crippen LogP contribution in [0, 0.1) is 6.92 Å².